The number of benzene rings is 1. The molecule has 8 heteroatoms. The molecule has 172 valence electrons. The van der Waals surface area contributed by atoms with Gasteiger partial charge in [-0.3, -0.25) is 9.48 Å². The first-order valence-corrected chi connectivity index (χ1v) is 11.6. The number of hydrogen-bond acceptors (Lipinski definition) is 5. The van der Waals surface area contributed by atoms with E-state index >= 15 is 0 Å². The number of nitrogens with zero attached hydrogens (tertiary/aromatic N) is 4. The predicted molar refractivity (Wildman–Crippen MR) is 119 cm³/mol. The van der Waals surface area contributed by atoms with Crippen LogP contribution >= 0.6 is 0 Å². The van der Waals surface area contributed by atoms with E-state index in [1.165, 1.54) is 0 Å². The summed E-state index contributed by atoms with van der Waals surface area (Å²) < 4.78 is 7.58. The fourth-order valence-electron chi connectivity index (χ4n) is 4.58. The van der Waals surface area contributed by atoms with Crippen molar-refractivity contribution in [2.45, 2.75) is 58.6 Å². The maximum atomic E-state index is 13.2. The van der Waals surface area contributed by atoms with Gasteiger partial charge in [-0.25, -0.2) is 4.79 Å². The summed E-state index contributed by atoms with van der Waals surface area (Å²) in [5, 5.41) is 18.0. The Balaban J connectivity index is 1.46. The first-order valence-electron chi connectivity index (χ1n) is 11.6. The summed E-state index contributed by atoms with van der Waals surface area (Å²) in [4.78, 5) is 26.8. The lowest BCUT2D eigenvalue weighted by atomic mass is 10.0. The minimum absolute atomic E-state index is 0.131. The second kappa shape index (κ2) is 9.81. The maximum absolute atomic E-state index is 13.2. The summed E-state index contributed by atoms with van der Waals surface area (Å²) in [5.41, 5.74) is 2.32. The Morgan fingerprint density at radius 3 is 2.78 bits per heavy atom. The molecule has 1 amide bonds. The van der Waals surface area contributed by atoms with E-state index < -0.39 is 5.97 Å². The standard InChI is InChI=1S/C24H32N4O4/c1-3-32-22(18-8-9-18)23(29)27-11-5-4-6-17(13-27)14-28-15-21(25-26-28)20-12-16(2)7-10-19(20)24(30)31/h7,10,12,15,17-18,22H,3-6,8-9,11,13-14H2,1-2H3,(H,30,31). The third-order valence-corrected chi connectivity index (χ3v) is 6.39. The lowest BCUT2D eigenvalue weighted by Crippen LogP contribution is -2.44. The molecule has 8 nitrogen and oxygen atoms in total. The number of hydrogen-bond donors (Lipinski definition) is 1. The van der Waals surface area contributed by atoms with Crippen LogP contribution in [-0.2, 0) is 16.1 Å². The highest BCUT2D eigenvalue weighted by atomic mass is 16.5. The SMILES string of the molecule is CCOC(C(=O)N1CCCCC(Cn2cc(-c3cc(C)ccc3C(=O)O)nn2)C1)C1CC1. The quantitative estimate of drug-likeness (QED) is 0.676. The number of rotatable bonds is 8. The highest BCUT2D eigenvalue weighted by Gasteiger charge is 2.39. The molecule has 32 heavy (non-hydrogen) atoms. The van der Waals surface area contributed by atoms with E-state index in [0.717, 1.165) is 44.2 Å². The summed E-state index contributed by atoms with van der Waals surface area (Å²) in [5.74, 6) is -0.202. The van der Waals surface area contributed by atoms with E-state index in [-0.39, 0.29) is 23.5 Å². The van der Waals surface area contributed by atoms with Gasteiger partial charge in [-0.15, -0.1) is 5.10 Å². The Morgan fingerprint density at radius 1 is 1.25 bits per heavy atom. The smallest absolute Gasteiger partial charge is 0.336 e. The Kier molecular flexibility index (Phi) is 6.89. The molecule has 1 aromatic heterocycles. The number of aromatic carboxylic acids is 1. The van der Waals surface area contributed by atoms with E-state index in [0.29, 0.717) is 36.9 Å². The van der Waals surface area contributed by atoms with Gasteiger partial charge in [0.2, 0.25) is 0 Å². The van der Waals surface area contributed by atoms with Gasteiger partial charge in [0.1, 0.15) is 11.8 Å². The maximum Gasteiger partial charge on any atom is 0.336 e. The van der Waals surface area contributed by atoms with Crippen molar-refractivity contribution in [3.8, 4) is 11.3 Å². The molecule has 1 saturated heterocycles. The van der Waals surface area contributed by atoms with E-state index in [4.69, 9.17) is 4.74 Å². The van der Waals surface area contributed by atoms with Gasteiger partial charge in [0.25, 0.3) is 5.91 Å². The molecule has 1 aromatic carbocycles. The van der Waals surface area contributed by atoms with E-state index in [1.54, 1.807) is 16.8 Å². The normalized spacial score (nSPS) is 20.1. The zero-order valence-corrected chi connectivity index (χ0v) is 18.9. The second-order valence-corrected chi connectivity index (χ2v) is 9.04. The van der Waals surface area contributed by atoms with Gasteiger partial charge < -0.3 is 14.7 Å². The Labute approximate surface area is 188 Å². The molecule has 1 N–H and O–H groups in total. The largest absolute Gasteiger partial charge is 0.478 e. The van der Waals surface area contributed by atoms with E-state index in [2.05, 4.69) is 10.3 Å². The van der Waals surface area contributed by atoms with Crippen LogP contribution in [0.15, 0.2) is 24.4 Å². The van der Waals surface area contributed by atoms with Crippen molar-refractivity contribution in [2.24, 2.45) is 11.8 Å². The van der Waals surface area contributed by atoms with E-state index in [1.807, 2.05) is 31.0 Å². The number of carbonyl (C=O) groups is 2. The predicted octanol–water partition coefficient (Wildman–Crippen LogP) is 3.40. The molecular formula is C24H32N4O4. The number of aromatic nitrogens is 3. The van der Waals surface area contributed by atoms with Crippen LogP contribution in [0.1, 0.15) is 54.9 Å². The van der Waals surface area contributed by atoms with Crippen LogP contribution in [0.5, 0.6) is 0 Å². The molecule has 0 spiro atoms. The molecule has 2 aromatic rings. The zero-order chi connectivity index (χ0) is 22.7. The van der Waals surface area contributed by atoms with Crippen molar-refractivity contribution in [2.75, 3.05) is 19.7 Å². The lowest BCUT2D eigenvalue weighted by Gasteiger charge is -2.28. The van der Waals surface area contributed by atoms with Crippen molar-refractivity contribution < 1.29 is 19.4 Å². The molecule has 1 aliphatic carbocycles. The van der Waals surface area contributed by atoms with Gasteiger partial charge >= 0.3 is 5.97 Å². The molecule has 0 bridgehead atoms. The average molecular weight is 441 g/mol. The topological polar surface area (TPSA) is 97.5 Å². The van der Waals surface area contributed by atoms with Crippen molar-refractivity contribution in [3.05, 3.63) is 35.5 Å². The van der Waals surface area contributed by atoms with Crippen LogP contribution in [0.25, 0.3) is 11.3 Å². The molecule has 0 radical (unpaired) electrons. The molecule has 4 rings (SSSR count). The molecule has 2 unspecified atom stereocenters. The summed E-state index contributed by atoms with van der Waals surface area (Å²) in [6.07, 6.45) is 6.75. The Bertz CT molecular complexity index is 969. The van der Waals surface area contributed by atoms with Crippen LogP contribution in [0.3, 0.4) is 0 Å². The summed E-state index contributed by atoms with van der Waals surface area (Å²) in [6, 6.07) is 5.22. The third-order valence-electron chi connectivity index (χ3n) is 6.39. The summed E-state index contributed by atoms with van der Waals surface area (Å²) >= 11 is 0. The van der Waals surface area contributed by atoms with Crippen molar-refractivity contribution in [1.82, 2.24) is 19.9 Å². The number of likely N-dealkylation sites (tertiary alicyclic amines) is 1. The van der Waals surface area contributed by atoms with Crippen molar-refractivity contribution in [3.63, 3.8) is 0 Å². The van der Waals surface area contributed by atoms with Crippen LogP contribution in [0, 0.1) is 18.8 Å². The van der Waals surface area contributed by atoms with Gasteiger partial charge in [0, 0.05) is 31.8 Å². The number of aryl methyl sites for hydroxylation is 1. The third kappa shape index (κ3) is 5.18. The first kappa shape index (κ1) is 22.5. The second-order valence-electron chi connectivity index (χ2n) is 9.04. The Morgan fingerprint density at radius 2 is 2.06 bits per heavy atom. The minimum Gasteiger partial charge on any atom is -0.478 e. The van der Waals surface area contributed by atoms with Crippen LogP contribution in [0.4, 0.5) is 0 Å². The molecular weight excluding hydrogens is 408 g/mol. The summed E-state index contributed by atoms with van der Waals surface area (Å²) in [7, 11) is 0. The average Bonchev–Trinajstić information content (AvgIpc) is 3.54. The fraction of sp³-hybridized carbons (Fsp3) is 0.583. The number of carbonyl (C=O) groups excluding carboxylic acids is 1. The molecule has 2 aliphatic rings. The highest BCUT2D eigenvalue weighted by Crippen LogP contribution is 2.35. The zero-order valence-electron chi connectivity index (χ0n) is 18.9. The molecule has 1 saturated carbocycles. The molecule has 2 heterocycles. The van der Waals surface area contributed by atoms with Gasteiger partial charge in [-0.1, -0.05) is 23.3 Å². The molecule has 1 aliphatic heterocycles. The van der Waals surface area contributed by atoms with Crippen molar-refractivity contribution in [1.29, 1.82) is 0 Å². The van der Waals surface area contributed by atoms with Gasteiger partial charge in [0.05, 0.1) is 11.8 Å². The van der Waals surface area contributed by atoms with Crippen LogP contribution in [0.2, 0.25) is 0 Å². The molecule has 2 fully saturated rings. The number of ether oxygens (including phenoxy) is 1. The van der Waals surface area contributed by atoms with Gasteiger partial charge in [0.15, 0.2) is 0 Å². The van der Waals surface area contributed by atoms with Gasteiger partial charge in [-0.2, -0.15) is 0 Å². The number of carboxylic acid groups (broad SMARTS) is 1. The lowest BCUT2D eigenvalue weighted by molar-refractivity contribution is -0.145. The fourth-order valence-corrected chi connectivity index (χ4v) is 4.58. The first-order chi connectivity index (χ1) is 15.5. The monoisotopic (exact) mass is 440 g/mol. The summed E-state index contributed by atoms with van der Waals surface area (Å²) in [6.45, 7) is 6.54. The number of amides is 1. The highest BCUT2D eigenvalue weighted by molar-refractivity contribution is 5.95. The minimum atomic E-state index is -0.980. The van der Waals surface area contributed by atoms with Crippen LogP contribution < -0.4 is 0 Å². The number of carboxylic acids is 1. The van der Waals surface area contributed by atoms with E-state index in [9.17, 15) is 14.7 Å². The Hall–Kier alpha value is -2.74. The van der Waals surface area contributed by atoms with Crippen molar-refractivity contribution >= 4 is 11.9 Å². The molecule has 2 atom stereocenters. The van der Waals surface area contributed by atoms with Gasteiger partial charge in [-0.05, 0) is 63.5 Å². The van der Waals surface area contributed by atoms with Crippen LogP contribution in [-0.4, -0.2) is 62.7 Å².